The first-order valence-electron chi connectivity index (χ1n) is 4.97. The van der Waals surface area contributed by atoms with E-state index >= 15 is 0 Å². The SMILES string of the molecule is Cc1ccc(-c2ccc(Cl)c(C#N)c2)cc1. The lowest BCUT2D eigenvalue weighted by Crippen LogP contribution is -1.82. The molecule has 1 nitrogen and oxygen atoms in total. The maximum Gasteiger partial charge on any atom is 0.101 e. The second-order valence-corrected chi connectivity index (χ2v) is 4.08. The summed E-state index contributed by atoms with van der Waals surface area (Å²) >= 11 is 5.89. The number of hydrogen-bond donors (Lipinski definition) is 0. The van der Waals surface area contributed by atoms with Gasteiger partial charge in [-0.1, -0.05) is 47.5 Å². The zero-order chi connectivity index (χ0) is 11.5. The Morgan fingerprint density at radius 3 is 2.25 bits per heavy atom. The molecule has 0 radical (unpaired) electrons. The van der Waals surface area contributed by atoms with Gasteiger partial charge in [0, 0.05) is 0 Å². The number of hydrogen-bond acceptors (Lipinski definition) is 1. The van der Waals surface area contributed by atoms with Crippen molar-refractivity contribution in [3.63, 3.8) is 0 Å². The number of aryl methyl sites for hydroxylation is 1. The third-order valence-electron chi connectivity index (χ3n) is 2.47. The summed E-state index contributed by atoms with van der Waals surface area (Å²) in [6, 6.07) is 15.8. The highest BCUT2D eigenvalue weighted by molar-refractivity contribution is 6.31. The first kappa shape index (κ1) is 10.7. The molecule has 0 amide bonds. The lowest BCUT2D eigenvalue weighted by molar-refractivity contribution is 1.46. The van der Waals surface area contributed by atoms with Crippen LogP contribution in [0.5, 0.6) is 0 Å². The van der Waals surface area contributed by atoms with Crippen LogP contribution in [-0.4, -0.2) is 0 Å². The average molecular weight is 228 g/mol. The summed E-state index contributed by atoms with van der Waals surface area (Å²) in [6.07, 6.45) is 0. The molecule has 78 valence electrons. The minimum atomic E-state index is 0.498. The van der Waals surface area contributed by atoms with Crippen molar-refractivity contribution in [1.29, 1.82) is 5.26 Å². The van der Waals surface area contributed by atoms with E-state index in [2.05, 4.69) is 18.2 Å². The molecule has 0 heterocycles. The minimum Gasteiger partial charge on any atom is -0.192 e. The van der Waals surface area contributed by atoms with E-state index in [0.29, 0.717) is 10.6 Å². The standard InChI is InChI=1S/C14H10ClN/c1-10-2-4-11(5-3-10)12-6-7-14(15)13(8-12)9-16/h2-8H,1H3. The van der Waals surface area contributed by atoms with Crippen molar-refractivity contribution in [1.82, 2.24) is 0 Å². The summed E-state index contributed by atoms with van der Waals surface area (Å²) in [5.41, 5.74) is 3.85. The second-order valence-electron chi connectivity index (χ2n) is 3.67. The highest BCUT2D eigenvalue weighted by Gasteiger charge is 2.02. The van der Waals surface area contributed by atoms with Crippen LogP contribution in [0.2, 0.25) is 5.02 Å². The average Bonchev–Trinajstić information content (AvgIpc) is 2.31. The summed E-state index contributed by atoms with van der Waals surface area (Å²) in [5.74, 6) is 0. The first-order chi connectivity index (χ1) is 7.70. The van der Waals surface area contributed by atoms with Gasteiger partial charge >= 0.3 is 0 Å². The van der Waals surface area contributed by atoms with Crippen molar-refractivity contribution >= 4 is 11.6 Å². The second kappa shape index (κ2) is 4.38. The third kappa shape index (κ3) is 2.08. The number of benzene rings is 2. The Morgan fingerprint density at radius 2 is 1.62 bits per heavy atom. The predicted octanol–water partition coefficient (Wildman–Crippen LogP) is 4.19. The molecule has 0 aromatic heterocycles. The van der Waals surface area contributed by atoms with Crippen LogP contribution >= 0.6 is 11.6 Å². The van der Waals surface area contributed by atoms with Crippen LogP contribution in [0.15, 0.2) is 42.5 Å². The van der Waals surface area contributed by atoms with Gasteiger partial charge in [-0.25, -0.2) is 0 Å². The Balaban J connectivity index is 2.49. The monoisotopic (exact) mass is 227 g/mol. The summed E-state index contributed by atoms with van der Waals surface area (Å²) in [6.45, 7) is 2.05. The molecule has 2 aromatic rings. The molecule has 0 aliphatic carbocycles. The Kier molecular flexibility index (Phi) is 2.94. The molecule has 0 bridgehead atoms. The Hall–Kier alpha value is -1.78. The fraction of sp³-hybridized carbons (Fsp3) is 0.0714. The lowest BCUT2D eigenvalue weighted by atomic mass is 10.0. The molecule has 0 saturated carbocycles. The molecular formula is C14H10ClN. The molecule has 0 fully saturated rings. The topological polar surface area (TPSA) is 23.8 Å². The van der Waals surface area contributed by atoms with Gasteiger partial charge in [0.15, 0.2) is 0 Å². The van der Waals surface area contributed by atoms with Crippen molar-refractivity contribution in [3.05, 3.63) is 58.6 Å². The zero-order valence-corrected chi connectivity index (χ0v) is 9.62. The molecule has 0 spiro atoms. The molecular weight excluding hydrogens is 218 g/mol. The number of halogens is 1. The van der Waals surface area contributed by atoms with Crippen molar-refractivity contribution in [2.24, 2.45) is 0 Å². The van der Waals surface area contributed by atoms with Crippen molar-refractivity contribution in [2.75, 3.05) is 0 Å². The van der Waals surface area contributed by atoms with Gasteiger partial charge < -0.3 is 0 Å². The number of nitriles is 1. The minimum absolute atomic E-state index is 0.498. The predicted molar refractivity (Wildman–Crippen MR) is 66.3 cm³/mol. The highest BCUT2D eigenvalue weighted by atomic mass is 35.5. The van der Waals surface area contributed by atoms with Crippen molar-refractivity contribution in [2.45, 2.75) is 6.92 Å². The van der Waals surface area contributed by atoms with Gasteiger partial charge in [0.05, 0.1) is 10.6 Å². The molecule has 0 atom stereocenters. The van der Waals surface area contributed by atoms with Crippen molar-refractivity contribution < 1.29 is 0 Å². The summed E-state index contributed by atoms with van der Waals surface area (Å²) < 4.78 is 0. The Morgan fingerprint density at radius 1 is 1.00 bits per heavy atom. The van der Waals surface area contributed by atoms with Crippen LogP contribution in [0.1, 0.15) is 11.1 Å². The van der Waals surface area contributed by atoms with Crippen LogP contribution in [0.25, 0.3) is 11.1 Å². The fourth-order valence-electron chi connectivity index (χ4n) is 1.54. The maximum atomic E-state index is 8.90. The van der Waals surface area contributed by atoms with E-state index in [-0.39, 0.29) is 0 Å². The van der Waals surface area contributed by atoms with Gasteiger partial charge in [0.1, 0.15) is 6.07 Å². The van der Waals surface area contributed by atoms with E-state index in [4.69, 9.17) is 16.9 Å². The molecule has 2 rings (SSSR count). The zero-order valence-electron chi connectivity index (χ0n) is 8.87. The smallest absolute Gasteiger partial charge is 0.101 e. The van der Waals surface area contributed by atoms with E-state index < -0.39 is 0 Å². The van der Waals surface area contributed by atoms with Gasteiger partial charge in [-0.05, 0) is 30.2 Å². The maximum absolute atomic E-state index is 8.90. The van der Waals surface area contributed by atoms with E-state index in [1.165, 1.54) is 5.56 Å². The van der Waals surface area contributed by atoms with Crippen LogP contribution in [0, 0.1) is 18.3 Å². The van der Waals surface area contributed by atoms with E-state index in [1.807, 2.05) is 31.2 Å². The molecule has 0 N–H and O–H groups in total. The van der Waals surface area contributed by atoms with Gasteiger partial charge in [-0.3, -0.25) is 0 Å². The molecule has 0 saturated heterocycles. The lowest BCUT2D eigenvalue weighted by Gasteiger charge is -2.03. The summed E-state index contributed by atoms with van der Waals surface area (Å²) in [7, 11) is 0. The van der Waals surface area contributed by atoms with Crippen LogP contribution in [-0.2, 0) is 0 Å². The van der Waals surface area contributed by atoms with Crippen molar-refractivity contribution in [3.8, 4) is 17.2 Å². The molecule has 2 aromatic carbocycles. The summed E-state index contributed by atoms with van der Waals surface area (Å²) in [5, 5.41) is 9.40. The molecule has 0 unspecified atom stereocenters. The third-order valence-corrected chi connectivity index (χ3v) is 2.80. The normalized spacial score (nSPS) is 9.81. The van der Waals surface area contributed by atoms with Crippen LogP contribution in [0.3, 0.4) is 0 Å². The summed E-state index contributed by atoms with van der Waals surface area (Å²) in [4.78, 5) is 0. The Bertz CT molecular complexity index is 550. The number of rotatable bonds is 1. The molecule has 0 aliphatic heterocycles. The van der Waals surface area contributed by atoms with Crippen LogP contribution in [0.4, 0.5) is 0 Å². The van der Waals surface area contributed by atoms with E-state index in [9.17, 15) is 0 Å². The molecule has 16 heavy (non-hydrogen) atoms. The first-order valence-corrected chi connectivity index (χ1v) is 5.35. The van der Waals surface area contributed by atoms with Gasteiger partial charge in [-0.2, -0.15) is 5.26 Å². The Labute approximate surface area is 99.9 Å². The molecule has 2 heteroatoms. The van der Waals surface area contributed by atoms with Gasteiger partial charge in [-0.15, -0.1) is 0 Å². The highest BCUT2D eigenvalue weighted by Crippen LogP contribution is 2.24. The number of nitrogens with zero attached hydrogens (tertiary/aromatic N) is 1. The van der Waals surface area contributed by atoms with Gasteiger partial charge in [0.25, 0.3) is 0 Å². The fourth-order valence-corrected chi connectivity index (χ4v) is 1.70. The molecule has 0 aliphatic rings. The van der Waals surface area contributed by atoms with Crippen LogP contribution < -0.4 is 0 Å². The quantitative estimate of drug-likeness (QED) is 0.717. The van der Waals surface area contributed by atoms with E-state index in [0.717, 1.165) is 11.1 Å². The largest absolute Gasteiger partial charge is 0.192 e. The van der Waals surface area contributed by atoms with Gasteiger partial charge in [0.2, 0.25) is 0 Å². The van der Waals surface area contributed by atoms with E-state index in [1.54, 1.807) is 6.07 Å².